The van der Waals surface area contributed by atoms with Crippen molar-refractivity contribution in [2.45, 2.75) is 52.4 Å². The molecule has 1 N–H and O–H groups in total. The number of carbonyl (C=O) groups is 1. The second-order valence-corrected chi connectivity index (χ2v) is 7.59. The lowest BCUT2D eigenvalue weighted by molar-refractivity contribution is 0.102. The first-order chi connectivity index (χ1) is 13.6. The molecule has 0 saturated heterocycles. The zero-order valence-corrected chi connectivity index (χ0v) is 18.4. The minimum absolute atomic E-state index is 0.160. The van der Waals surface area contributed by atoms with Crippen LogP contribution >= 0.6 is 15.9 Å². The molecule has 0 bridgehead atoms. The van der Waals surface area contributed by atoms with Gasteiger partial charge in [0, 0.05) is 11.3 Å². The Bertz CT molecular complexity index is 731. The molecule has 0 spiro atoms. The Balaban J connectivity index is 1.83. The Labute approximate surface area is 176 Å². The van der Waals surface area contributed by atoms with Crippen molar-refractivity contribution in [1.29, 1.82) is 0 Å². The summed E-state index contributed by atoms with van der Waals surface area (Å²) < 4.78 is 12.2. The monoisotopic (exact) mass is 447 g/mol. The van der Waals surface area contributed by atoms with E-state index in [1.165, 1.54) is 25.7 Å². The molecule has 0 aliphatic heterocycles. The number of benzene rings is 2. The van der Waals surface area contributed by atoms with Crippen LogP contribution in [0.3, 0.4) is 0 Å². The van der Waals surface area contributed by atoms with Gasteiger partial charge in [0.15, 0.2) is 0 Å². The number of amides is 1. The van der Waals surface area contributed by atoms with Gasteiger partial charge < -0.3 is 14.8 Å². The zero-order chi connectivity index (χ0) is 20.2. The number of nitrogens with one attached hydrogen (secondary N) is 1. The average molecular weight is 448 g/mol. The van der Waals surface area contributed by atoms with Crippen LogP contribution < -0.4 is 14.8 Å². The quantitative estimate of drug-likeness (QED) is 0.362. The van der Waals surface area contributed by atoms with Crippen LogP contribution in [0.4, 0.5) is 5.69 Å². The van der Waals surface area contributed by atoms with Gasteiger partial charge in [0.2, 0.25) is 0 Å². The number of hydrogen-bond acceptors (Lipinski definition) is 3. The molecule has 0 radical (unpaired) electrons. The molecule has 0 unspecified atom stereocenters. The molecule has 0 aliphatic rings. The summed E-state index contributed by atoms with van der Waals surface area (Å²) in [6.45, 7) is 5.65. The van der Waals surface area contributed by atoms with Crippen LogP contribution in [0.15, 0.2) is 46.9 Å². The number of rotatable bonds is 12. The van der Waals surface area contributed by atoms with Crippen LogP contribution in [0.5, 0.6) is 11.5 Å². The SMILES string of the molecule is CCCCCCCOc1ccc(NC(=O)c2ccc(OCCC)c(Br)c2)cc1. The molecule has 0 heterocycles. The molecule has 5 heteroatoms. The van der Waals surface area contributed by atoms with Crippen molar-refractivity contribution in [3.63, 3.8) is 0 Å². The first-order valence-corrected chi connectivity index (χ1v) is 10.9. The number of unbranched alkanes of at least 4 members (excludes halogenated alkanes) is 4. The van der Waals surface area contributed by atoms with Gasteiger partial charge in [0.25, 0.3) is 5.91 Å². The number of anilines is 1. The Hall–Kier alpha value is -2.01. The lowest BCUT2D eigenvalue weighted by Crippen LogP contribution is -2.12. The summed E-state index contributed by atoms with van der Waals surface area (Å²) in [4.78, 5) is 12.5. The zero-order valence-electron chi connectivity index (χ0n) is 16.8. The van der Waals surface area contributed by atoms with Gasteiger partial charge in [-0.05, 0) is 71.2 Å². The molecule has 0 aromatic heterocycles. The highest BCUT2D eigenvalue weighted by molar-refractivity contribution is 9.10. The van der Waals surface area contributed by atoms with E-state index in [9.17, 15) is 4.79 Å². The molecule has 0 aliphatic carbocycles. The fraction of sp³-hybridized carbons (Fsp3) is 0.435. The Kier molecular flexibility index (Phi) is 9.91. The van der Waals surface area contributed by atoms with Gasteiger partial charge in [-0.1, -0.05) is 39.5 Å². The third-order valence-corrected chi connectivity index (χ3v) is 4.90. The third kappa shape index (κ3) is 7.55. The minimum atomic E-state index is -0.160. The molecule has 1 amide bonds. The van der Waals surface area contributed by atoms with Gasteiger partial charge in [0.05, 0.1) is 17.7 Å². The highest BCUT2D eigenvalue weighted by Gasteiger charge is 2.10. The second-order valence-electron chi connectivity index (χ2n) is 6.73. The highest BCUT2D eigenvalue weighted by Crippen LogP contribution is 2.26. The van der Waals surface area contributed by atoms with Crippen molar-refractivity contribution >= 4 is 27.5 Å². The summed E-state index contributed by atoms with van der Waals surface area (Å²) in [7, 11) is 0. The van der Waals surface area contributed by atoms with Crippen LogP contribution in [-0.4, -0.2) is 19.1 Å². The number of hydrogen-bond donors (Lipinski definition) is 1. The van der Waals surface area contributed by atoms with E-state index in [4.69, 9.17) is 9.47 Å². The van der Waals surface area contributed by atoms with Gasteiger partial charge in [0.1, 0.15) is 11.5 Å². The van der Waals surface area contributed by atoms with Crippen LogP contribution in [0.1, 0.15) is 62.7 Å². The molecule has 28 heavy (non-hydrogen) atoms. The first kappa shape index (κ1) is 22.3. The first-order valence-electron chi connectivity index (χ1n) is 10.1. The van der Waals surface area contributed by atoms with Crippen molar-refractivity contribution in [3.05, 3.63) is 52.5 Å². The third-order valence-electron chi connectivity index (χ3n) is 4.28. The van der Waals surface area contributed by atoms with Crippen molar-refractivity contribution in [2.24, 2.45) is 0 Å². The van der Waals surface area contributed by atoms with E-state index in [0.717, 1.165) is 41.1 Å². The molecule has 0 atom stereocenters. The van der Waals surface area contributed by atoms with Crippen molar-refractivity contribution < 1.29 is 14.3 Å². The maximum atomic E-state index is 12.5. The summed E-state index contributed by atoms with van der Waals surface area (Å²) in [5.74, 6) is 1.41. The Morgan fingerprint density at radius 1 is 0.893 bits per heavy atom. The molecular weight excluding hydrogens is 418 g/mol. The summed E-state index contributed by atoms with van der Waals surface area (Å²) in [5, 5.41) is 2.91. The van der Waals surface area contributed by atoms with E-state index in [2.05, 4.69) is 35.1 Å². The van der Waals surface area contributed by atoms with Crippen molar-refractivity contribution in [1.82, 2.24) is 0 Å². The van der Waals surface area contributed by atoms with Gasteiger partial charge in [-0.15, -0.1) is 0 Å². The topological polar surface area (TPSA) is 47.6 Å². The lowest BCUT2D eigenvalue weighted by atomic mass is 10.2. The van der Waals surface area contributed by atoms with E-state index in [-0.39, 0.29) is 5.91 Å². The van der Waals surface area contributed by atoms with Crippen LogP contribution in [-0.2, 0) is 0 Å². The van der Waals surface area contributed by atoms with Gasteiger partial charge in [-0.25, -0.2) is 0 Å². The summed E-state index contributed by atoms with van der Waals surface area (Å²) in [6, 6.07) is 12.8. The normalized spacial score (nSPS) is 10.5. The maximum Gasteiger partial charge on any atom is 0.255 e. The molecular formula is C23H30BrNO3. The predicted molar refractivity (Wildman–Crippen MR) is 119 cm³/mol. The lowest BCUT2D eigenvalue weighted by Gasteiger charge is -2.10. The largest absolute Gasteiger partial charge is 0.494 e. The number of halogens is 1. The summed E-state index contributed by atoms with van der Waals surface area (Å²) in [5.41, 5.74) is 1.31. The maximum absolute atomic E-state index is 12.5. The molecule has 2 rings (SSSR count). The standard InChI is InChI=1S/C23H30BrNO3/c1-3-5-6-7-8-16-27-20-12-10-19(11-13-20)25-23(26)18-9-14-22(21(24)17-18)28-15-4-2/h9-14,17H,3-8,15-16H2,1-2H3,(H,25,26). The van der Waals surface area contributed by atoms with E-state index in [0.29, 0.717) is 12.2 Å². The Morgan fingerprint density at radius 3 is 2.32 bits per heavy atom. The van der Waals surface area contributed by atoms with Crippen molar-refractivity contribution in [3.8, 4) is 11.5 Å². The highest BCUT2D eigenvalue weighted by atomic mass is 79.9. The smallest absolute Gasteiger partial charge is 0.255 e. The molecule has 2 aromatic rings. The second kappa shape index (κ2) is 12.4. The molecule has 0 fully saturated rings. The van der Waals surface area contributed by atoms with E-state index >= 15 is 0 Å². The van der Waals surface area contributed by atoms with Crippen molar-refractivity contribution in [2.75, 3.05) is 18.5 Å². The van der Waals surface area contributed by atoms with Gasteiger partial charge >= 0.3 is 0 Å². The average Bonchev–Trinajstić information content (AvgIpc) is 2.71. The molecule has 152 valence electrons. The molecule has 0 saturated carbocycles. The predicted octanol–water partition coefficient (Wildman–Crippen LogP) is 6.84. The molecule has 2 aromatic carbocycles. The van der Waals surface area contributed by atoms with Gasteiger partial charge in [-0.3, -0.25) is 4.79 Å². The van der Waals surface area contributed by atoms with E-state index in [1.54, 1.807) is 12.1 Å². The fourth-order valence-electron chi connectivity index (χ4n) is 2.70. The molecule has 4 nitrogen and oxygen atoms in total. The summed E-state index contributed by atoms with van der Waals surface area (Å²) >= 11 is 3.46. The number of ether oxygens (including phenoxy) is 2. The van der Waals surface area contributed by atoms with Crippen LogP contribution in [0.2, 0.25) is 0 Å². The minimum Gasteiger partial charge on any atom is -0.494 e. The number of carbonyl (C=O) groups excluding carboxylic acids is 1. The van der Waals surface area contributed by atoms with Gasteiger partial charge in [-0.2, -0.15) is 0 Å². The summed E-state index contributed by atoms with van der Waals surface area (Å²) in [6.07, 6.45) is 7.03. The van der Waals surface area contributed by atoms with Crippen LogP contribution in [0, 0.1) is 0 Å². The fourth-order valence-corrected chi connectivity index (χ4v) is 3.20. The van der Waals surface area contributed by atoms with Crippen LogP contribution in [0.25, 0.3) is 0 Å². The van der Waals surface area contributed by atoms with E-state index in [1.807, 2.05) is 30.3 Å². The van der Waals surface area contributed by atoms with E-state index < -0.39 is 0 Å². The Morgan fingerprint density at radius 2 is 1.64 bits per heavy atom.